The molecule has 0 aromatic rings. The molecule has 0 bridgehead atoms. The van der Waals surface area contributed by atoms with E-state index in [0.717, 1.165) is 0 Å². The molecule has 0 rings (SSSR count). The van der Waals surface area contributed by atoms with E-state index < -0.39 is 41.1 Å². The average Bonchev–Trinajstić information content (AvgIpc) is 2.30. The van der Waals surface area contributed by atoms with Crippen molar-refractivity contribution in [3.63, 3.8) is 0 Å². The first-order valence-electron chi connectivity index (χ1n) is 6.19. The van der Waals surface area contributed by atoms with Gasteiger partial charge in [-0.1, -0.05) is 25.7 Å². The molecule has 0 radical (unpaired) electrons. The third-order valence-corrected chi connectivity index (χ3v) is 3.39. The van der Waals surface area contributed by atoms with E-state index in [1.54, 1.807) is 0 Å². The van der Waals surface area contributed by atoms with Gasteiger partial charge < -0.3 is 4.55 Å². The van der Waals surface area contributed by atoms with Gasteiger partial charge in [0, 0.05) is 0 Å². The summed E-state index contributed by atoms with van der Waals surface area (Å²) in [6.07, 6.45) is -4.95. The molecule has 3 unspecified atom stereocenters. The molecule has 0 saturated heterocycles. The maximum Gasteiger partial charge on any atom is 1.00 e. The number of rotatable bonds is 11. The predicted molar refractivity (Wildman–Crippen MR) is 62.9 cm³/mol. The summed E-state index contributed by atoms with van der Waals surface area (Å²) in [7, 11) is -4.90. The van der Waals surface area contributed by atoms with Crippen LogP contribution in [0.5, 0.6) is 0 Å². The molecule has 3 nitrogen and oxygen atoms in total. The maximum atomic E-state index is 13.2. The second-order valence-electron chi connectivity index (χ2n) is 4.45. The summed E-state index contributed by atoms with van der Waals surface area (Å²) in [4.78, 5) is 0. The van der Waals surface area contributed by atoms with Crippen molar-refractivity contribution in [2.24, 2.45) is 0 Å². The summed E-state index contributed by atoms with van der Waals surface area (Å²) in [5.41, 5.74) is 0. The molecule has 0 aromatic heterocycles. The Kier molecular flexibility index (Phi) is 14.0. The van der Waals surface area contributed by atoms with Crippen molar-refractivity contribution >= 4 is 10.1 Å². The van der Waals surface area contributed by atoms with Crippen LogP contribution < -0.4 is 29.6 Å². The number of hydrogen-bond donors (Lipinski definition) is 0. The van der Waals surface area contributed by atoms with Crippen LogP contribution in [0.4, 0.5) is 17.6 Å². The summed E-state index contributed by atoms with van der Waals surface area (Å²) in [5, 5.41) is 0. The van der Waals surface area contributed by atoms with Gasteiger partial charge in [-0.05, 0) is 12.8 Å². The van der Waals surface area contributed by atoms with Crippen LogP contribution in [0.3, 0.4) is 0 Å². The fourth-order valence-corrected chi connectivity index (χ4v) is 2.21. The van der Waals surface area contributed by atoms with Crippen LogP contribution in [0.15, 0.2) is 0 Å². The van der Waals surface area contributed by atoms with Gasteiger partial charge in [0.2, 0.25) is 0 Å². The van der Waals surface area contributed by atoms with Crippen LogP contribution >= 0.6 is 0 Å². The zero-order chi connectivity index (χ0) is 14.9. The Bertz CT molecular complexity index is 330. The van der Waals surface area contributed by atoms with Crippen molar-refractivity contribution < 1.29 is 60.1 Å². The van der Waals surface area contributed by atoms with Crippen molar-refractivity contribution in [3.05, 3.63) is 0 Å². The number of alkyl halides is 4. The summed E-state index contributed by atoms with van der Waals surface area (Å²) in [6, 6.07) is 0. The topological polar surface area (TPSA) is 57.2 Å². The first kappa shape index (κ1) is 22.9. The normalized spacial score (nSPS) is 16.2. The predicted octanol–water partition coefficient (Wildman–Crippen LogP) is -0.140. The summed E-state index contributed by atoms with van der Waals surface area (Å²) in [5.74, 6) is -1.55. The van der Waals surface area contributed by atoms with Crippen molar-refractivity contribution in [2.75, 3.05) is 12.4 Å². The monoisotopic (exact) mass is 330 g/mol. The van der Waals surface area contributed by atoms with Crippen LogP contribution in [0.2, 0.25) is 0 Å². The molecule has 0 heterocycles. The fourth-order valence-electron chi connectivity index (χ4n) is 1.64. The molecule has 0 saturated carbocycles. The second kappa shape index (κ2) is 12.2. The second-order valence-corrected chi connectivity index (χ2v) is 5.89. The number of unbranched alkanes of at least 4 members (excludes halogenated alkanes) is 4. The minimum Gasteiger partial charge on any atom is -0.748 e. The standard InChI is InChI=1S/C11H20F4O3S.Na/c12-7-5-3-1-2-4-6-9(13)11(15)10(14)8-19(16,17)18;/h9-11H,1-8H2,(H,16,17,18);/q;+1/p-1. The van der Waals surface area contributed by atoms with Gasteiger partial charge in [0.05, 0.1) is 22.5 Å². The van der Waals surface area contributed by atoms with Gasteiger partial charge in [0.25, 0.3) is 0 Å². The van der Waals surface area contributed by atoms with E-state index in [0.29, 0.717) is 32.1 Å². The molecule has 116 valence electrons. The van der Waals surface area contributed by atoms with Crippen molar-refractivity contribution in [1.82, 2.24) is 0 Å². The summed E-state index contributed by atoms with van der Waals surface area (Å²) >= 11 is 0. The average molecular weight is 330 g/mol. The summed E-state index contributed by atoms with van der Waals surface area (Å²) < 4.78 is 81.7. The van der Waals surface area contributed by atoms with E-state index in [2.05, 4.69) is 0 Å². The Morgan fingerprint density at radius 2 is 1.40 bits per heavy atom. The van der Waals surface area contributed by atoms with Gasteiger partial charge in [0.1, 0.15) is 12.3 Å². The van der Waals surface area contributed by atoms with Crippen LogP contribution in [-0.2, 0) is 10.1 Å². The molecule has 0 spiro atoms. The van der Waals surface area contributed by atoms with Crippen molar-refractivity contribution in [1.29, 1.82) is 0 Å². The van der Waals surface area contributed by atoms with Gasteiger partial charge in [-0.3, -0.25) is 4.39 Å². The minimum atomic E-state index is -4.90. The van der Waals surface area contributed by atoms with Crippen LogP contribution in [0.1, 0.15) is 38.5 Å². The van der Waals surface area contributed by atoms with Crippen molar-refractivity contribution in [3.8, 4) is 0 Å². The molecule has 0 aromatic carbocycles. The SMILES string of the molecule is O=S(=O)([O-])CC(F)C(F)C(F)CCCCCCCF.[Na+]. The molecular weight excluding hydrogens is 311 g/mol. The van der Waals surface area contributed by atoms with Gasteiger partial charge >= 0.3 is 29.6 Å². The van der Waals surface area contributed by atoms with Gasteiger partial charge in [-0.25, -0.2) is 21.6 Å². The maximum absolute atomic E-state index is 13.2. The minimum absolute atomic E-state index is 0. The molecule has 0 aliphatic heterocycles. The molecule has 0 amide bonds. The Morgan fingerprint density at radius 1 is 0.900 bits per heavy atom. The fraction of sp³-hybridized carbons (Fsp3) is 1.00. The van der Waals surface area contributed by atoms with E-state index >= 15 is 0 Å². The molecule has 3 atom stereocenters. The number of hydrogen-bond acceptors (Lipinski definition) is 3. The molecule has 20 heavy (non-hydrogen) atoms. The molecule has 9 heteroatoms. The Labute approximate surface area is 139 Å². The van der Waals surface area contributed by atoms with Crippen LogP contribution in [0.25, 0.3) is 0 Å². The van der Waals surface area contributed by atoms with Crippen LogP contribution in [0, 0.1) is 0 Å². The Hall–Kier alpha value is 0.630. The zero-order valence-electron chi connectivity index (χ0n) is 11.5. The Morgan fingerprint density at radius 3 is 1.90 bits per heavy atom. The Balaban J connectivity index is 0. The molecule has 0 aliphatic carbocycles. The molecule has 0 N–H and O–H groups in total. The number of halogens is 4. The molecule has 0 fully saturated rings. The van der Waals surface area contributed by atoms with Crippen LogP contribution in [-0.4, -0.2) is 43.9 Å². The quantitative estimate of drug-likeness (QED) is 0.229. The van der Waals surface area contributed by atoms with Gasteiger partial charge in [0.15, 0.2) is 6.17 Å². The van der Waals surface area contributed by atoms with E-state index in [-0.39, 0.29) is 36.0 Å². The van der Waals surface area contributed by atoms with E-state index in [4.69, 9.17) is 0 Å². The van der Waals surface area contributed by atoms with E-state index in [9.17, 15) is 30.5 Å². The zero-order valence-corrected chi connectivity index (χ0v) is 14.4. The molecule has 0 aliphatic rings. The smallest absolute Gasteiger partial charge is 0.748 e. The third-order valence-electron chi connectivity index (χ3n) is 2.67. The van der Waals surface area contributed by atoms with E-state index in [1.807, 2.05) is 0 Å². The van der Waals surface area contributed by atoms with Gasteiger partial charge in [-0.15, -0.1) is 0 Å². The molecular formula is C11H19F4NaO3S. The first-order chi connectivity index (χ1) is 8.78. The van der Waals surface area contributed by atoms with Gasteiger partial charge in [-0.2, -0.15) is 0 Å². The summed E-state index contributed by atoms with van der Waals surface area (Å²) in [6.45, 7) is -0.411. The van der Waals surface area contributed by atoms with Crippen molar-refractivity contribution in [2.45, 2.75) is 57.0 Å². The van der Waals surface area contributed by atoms with E-state index in [1.165, 1.54) is 0 Å². The largest absolute Gasteiger partial charge is 1.00 e. The third kappa shape index (κ3) is 12.4. The first-order valence-corrected chi connectivity index (χ1v) is 7.77.